The third kappa shape index (κ3) is 3.78. The zero-order chi connectivity index (χ0) is 18.7. The van der Waals surface area contributed by atoms with E-state index in [0.29, 0.717) is 5.56 Å². The van der Waals surface area contributed by atoms with Gasteiger partial charge in [-0.25, -0.2) is 5.43 Å². The summed E-state index contributed by atoms with van der Waals surface area (Å²) in [4.78, 5) is 12.2. The van der Waals surface area contributed by atoms with Crippen LogP contribution in [-0.2, 0) is 0 Å². The van der Waals surface area contributed by atoms with E-state index in [1.165, 1.54) is 0 Å². The average molecular weight is 410 g/mol. The molecule has 1 amide bonds. The molecule has 0 bridgehead atoms. The highest BCUT2D eigenvalue weighted by atomic mass is 79.9. The fourth-order valence-corrected chi connectivity index (χ4v) is 3.37. The van der Waals surface area contributed by atoms with Crippen molar-refractivity contribution in [3.05, 3.63) is 87.1 Å². The van der Waals surface area contributed by atoms with Crippen LogP contribution in [0.5, 0.6) is 0 Å². The van der Waals surface area contributed by atoms with Gasteiger partial charge in [-0.3, -0.25) is 4.79 Å². The minimum Gasteiger partial charge on any atom is -0.318 e. The van der Waals surface area contributed by atoms with Gasteiger partial charge in [-0.15, -0.1) is 0 Å². The first-order valence-corrected chi connectivity index (χ1v) is 9.10. The molecule has 1 N–H and O–H groups in total. The van der Waals surface area contributed by atoms with Crippen molar-refractivity contribution in [3.63, 3.8) is 0 Å². The number of benzene rings is 2. The molecule has 26 heavy (non-hydrogen) atoms. The summed E-state index contributed by atoms with van der Waals surface area (Å²) in [5, 5.41) is 4.14. The molecule has 3 aromatic rings. The van der Waals surface area contributed by atoms with Gasteiger partial charge in [0, 0.05) is 32.7 Å². The molecule has 0 spiro atoms. The van der Waals surface area contributed by atoms with E-state index in [2.05, 4.69) is 56.1 Å². The molecule has 1 heterocycles. The van der Waals surface area contributed by atoms with Crippen LogP contribution in [0.3, 0.4) is 0 Å². The van der Waals surface area contributed by atoms with Crippen LogP contribution in [0.2, 0.25) is 0 Å². The predicted molar refractivity (Wildman–Crippen MR) is 109 cm³/mol. The van der Waals surface area contributed by atoms with Crippen molar-refractivity contribution in [2.45, 2.75) is 20.8 Å². The summed E-state index contributed by atoms with van der Waals surface area (Å²) in [7, 11) is 0. The highest BCUT2D eigenvalue weighted by Gasteiger charge is 2.10. The number of carbonyl (C=O) groups excluding carboxylic acids is 1. The number of hydrazone groups is 1. The van der Waals surface area contributed by atoms with E-state index in [4.69, 9.17) is 0 Å². The van der Waals surface area contributed by atoms with Gasteiger partial charge < -0.3 is 4.57 Å². The van der Waals surface area contributed by atoms with E-state index in [-0.39, 0.29) is 5.91 Å². The minimum atomic E-state index is -0.208. The molecule has 0 aliphatic heterocycles. The molecule has 0 atom stereocenters. The van der Waals surface area contributed by atoms with Gasteiger partial charge in [-0.05, 0) is 56.7 Å². The first kappa shape index (κ1) is 18.1. The van der Waals surface area contributed by atoms with E-state index in [1.807, 2.05) is 44.2 Å². The van der Waals surface area contributed by atoms with E-state index < -0.39 is 0 Å². The Morgan fingerprint density at radius 3 is 2.58 bits per heavy atom. The number of amides is 1. The molecule has 0 aliphatic carbocycles. The van der Waals surface area contributed by atoms with E-state index in [9.17, 15) is 4.79 Å². The number of hydrogen-bond acceptors (Lipinski definition) is 2. The summed E-state index contributed by atoms with van der Waals surface area (Å²) in [5.74, 6) is -0.208. The lowest BCUT2D eigenvalue weighted by atomic mass is 10.1. The van der Waals surface area contributed by atoms with Gasteiger partial charge in [-0.1, -0.05) is 40.2 Å². The third-order valence-corrected chi connectivity index (χ3v) is 4.79. The van der Waals surface area contributed by atoms with Crippen LogP contribution in [0.1, 0.15) is 32.9 Å². The number of carbonyl (C=O) groups is 1. The molecule has 0 saturated heterocycles. The number of aryl methyl sites for hydroxylation is 2. The zero-order valence-electron chi connectivity index (χ0n) is 15.0. The van der Waals surface area contributed by atoms with Gasteiger partial charge in [0.1, 0.15) is 0 Å². The van der Waals surface area contributed by atoms with Crippen LogP contribution < -0.4 is 5.43 Å². The van der Waals surface area contributed by atoms with Gasteiger partial charge in [0.05, 0.1) is 6.21 Å². The van der Waals surface area contributed by atoms with E-state index >= 15 is 0 Å². The monoisotopic (exact) mass is 409 g/mol. The fraction of sp³-hybridized carbons (Fsp3) is 0.143. The number of hydrogen-bond donors (Lipinski definition) is 1. The summed E-state index contributed by atoms with van der Waals surface area (Å²) in [6.45, 7) is 6.00. The van der Waals surface area contributed by atoms with Gasteiger partial charge >= 0.3 is 0 Å². The Balaban J connectivity index is 1.81. The van der Waals surface area contributed by atoms with Crippen LogP contribution >= 0.6 is 15.9 Å². The maximum absolute atomic E-state index is 12.2. The highest BCUT2D eigenvalue weighted by Crippen LogP contribution is 2.22. The quantitative estimate of drug-likeness (QED) is 0.481. The standard InChI is InChI=1S/C21H20BrN3O/c1-14-7-4-5-10-20(14)21(26)24-23-13-17-11-15(2)25(16(17)3)19-9-6-8-18(22)12-19/h4-13H,1-3H3,(H,24,26)/b23-13+. The molecule has 2 aromatic carbocycles. The molecule has 4 nitrogen and oxygen atoms in total. The number of nitrogens with one attached hydrogen (secondary N) is 1. The maximum Gasteiger partial charge on any atom is 0.271 e. The first-order valence-electron chi connectivity index (χ1n) is 8.31. The molecule has 5 heteroatoms. The van der Waals surface area contributed by atoms with Gasteiger partial charge in [0.2, 0.25) is 0 Å². The largest absolute Gasteiger partial charge is 0.318 e. The molecule has 3 rings (SSSR count). The predicted octanol–water partition coefficient (Wildman–Crippen LogP) is 4.93. The Morgan fingerprint density at radius 2 is 1.85 bits per heavy atom. The topological polar surface area (TPSA) is 46.4 Å². The molecule has 1 aromatic heterocycles. The van der Waals surface area contributed by atoms with Crippen LogP contribution in [0.4, 0.5) is 0 Å². The molecular formula is C21H20BrN3O. The van der Waals surface area contributed by atoms with Crippen LogP contribution in [-0.4, -0.2) is 16.7 Å². The van der Waals surface area contributed by atoms with E-state index in [0.717, 1.165) is 32.7 Å². The second kappa shape index (κ2) is 7.70. The van der Waals surface area contributed by atoms with Gasteiger partial charge in [0.25, 0.3) is 5.91 Å². The van der Waals surface area contributed by atoms with Crippen molar-refractivity contribution in [2.24, 2.45) is 5.10 Å². The van der Waals surface area contributed by atoms with Crippen LogP contribution in [0.25, 0.3) is 5.69 Å². The normalized spacial score (nSPS) is 11.1. The summed E-state index contributed by atoms with van der Waals surface area (Å²) in [5.41, 5.74) is 8.37. The zero-order valence-corrected chi connectivity index (χ0v) is 16.5. The van der Waals surface area contributed by atoms with Crippen molar-refractivity contribution in [1.29, 1.82) is 0 Å². The first-order chi connectivity index (χ1) is 12.5. The Morgan fingerprint density at radius 1 is 1.08 bits per heavy atom. The fourth-order valence-electron chi connectivity index (χ4n) is 2.98. The lowest BCUT2D eigenvalue weighted by molar-refractivity contribution is 0.0954. The number of aromatic nitrogens is 1. The molecule has 0 unspecified atom stereocenters. The lowest BCUT2D eigenvalue weighted by Crippen LogP contribution is -2.18. The minimum absolute atomic E-state index is 0.208. The summed E-state index contributed by atoms with van der Waals surface area (Å²) in [6, 6.07) is 17.6. The Kier molecular flexibility index (Phi) is 5.38. The smallest absolute Gasteiger partial charge is 0.271 e. The molecule has 0 saturated carbocycles. The van der Waals surface area contributed by atoms with Gasteiger partial charge in [-0.2, -0.15) is 5.10 Å². The van der Waals surface area contributed by atoms with E-state index in [1.54, 1.807) is 12.3 Å². The third-order valence-electron chi connectivity index (χ3n) is 4.30. The summed E-state index contributed by atoms with van der Waals surface area (Å²) in [6.07, 6.45) is 1.69. The van der Waals surface area contributed by atoms with Crippen molar-refractivity contribution in [1.82, 2.24) is 9.99 Å². The Labute approximate surface area is 161 Å². The van der Waals surface area contributed by atoms with Gasteiger partial charge in [0.15, 0.2) is 0 Å². The Bertz CT molecular complexity index is 989. The Hall–Kier alpha value is -2.66. The number of nitrogens with zero attached hydrogens (tertiary/aromatic N) is 2. The molecule has 0 aliphatic rings. The molecule has 0 radical (unpaired) electrons. The van der Waals surface area contributed by atoms with Crippen molar-refractivity contribution >= 4 is 28.1 Å². The van der Waals surface area contributed by atoms with Crippen molar-refractivity contribution in [2.75, 3.05) is 0 Å². The summed E-state index contributed by atoms with van der Waals surface area (Å²) < 4.78 is 3.19. The second-order valence-corrected chi connectivity index (χ2v) is 7.07. The molecular weight excluding hydrogens is 390 g/mol. The number of halogens is 1. The average Bonchev–Trinajstić information content (AvgIpc) is 2.89. The molecule has 132 valence electrons. The lowest BCUT2D eigenvalue weighted by Gasteiger charge is -2.09. The maximum atomic E-state index is 12.2. The van der Waals surface area contributed by atoms with Crippen molar-refractivity contribution in [3.8, 4) is 5.69 Å². The highest BCUT2D eigenvalue weighted by molar-refractivity contribution is 9.10. The number of rotatable bonds is 4. The second-order valence-electron chi connectivity index (χ2n) is 6.16. The summed E-state index contributed by atoms with van der Waals surface area (Å²) >= 11 is 3.51. The van der Waals surface area contributed by atoms with Crippen LogP contribution in [0, 0.1) is 20.8 Å². The SMILES string of the molecule is Cc1ccccc1C(=O)N/N=C/c1cc(C)n(-c2cccc(Br)c2)c1C. The van der Waals surface area contributed by atoms with Crippen molar-refractivity contribution < 1.29 is 4.79 Å². The van der Waals surface area contributed by atoms with Crippen LogP contribution in [0.15, 0.2) is 64.2 Å². The molecule has 0 fully saturated rings.